The summed E-state index contributed by atoms with van der Waals surface area (Å²) < 4.78 is 1.84. The van der Waals surface area contributed by atoms with Crippen LogP contribution in [0, 0.1) is 11.3 Å². The molecule has 124 valence electrons. The first-order valence-electron chi connectivity index (χ1n) is 8.28. The van der Waals surface area contributed by atoms with Gasteiger partial charge in [0.2, 0.25) is 0 Å². The van der Waals surface area contributed by atoms with Gasteiger partial charge in [-0.25, -0.2) is 4.68 Å². The van der Waals surface area contributed by atoms with E-state index < -0.39 is 0 Å². The molecule has 0 unspecified atom stereocenters. The van der Waals surface area contributed by atoms with E-state index in [1.807, 2.05) is 4.68 Å². The lowest BCUT2D eigenvalue weighted by Gasteiger charge is -2.26. The molecule has 6 heteroatoms. The highest BCUT2D eigenvalue weighted by atomic mass is 16.2. The number of hydrogen-bond acceptors (Lipinski definition) is 4. The minimum absolute atomic E-state index is 0.0921. The number of amides is 1. The second-order valence-corrected chi connectivity index (χ2v) is 7.51. The van der Waals surface area contributed by atoms with Crippen LogP contribution in [0.5, 0.6) is 0 Å². The maximum Gasteiger partial charge on any atom is 0.273 e. The van der Waals surface area contributed by atoms with Gasteiger partial charge < -0.3 is 10.6 Å². The molecule has 22 heavy (non-hydrogen) atoms. The summed E-state index contributed by atoms with van der Waals surface area (Å²) in [6.45, 7) is 11.4. The molecule has 1 aliphatic rings. The number of aromatic nitrogens is 3. The Balaban J connectivity index is 1.89. The van der Waals surface area contributed by atoms with Gasteiger partial charge in [-0.2, -0.15) is 0 Å². The van der Waals surface area contributed by atoms with Gasteiger partial charge in [0.15, 0.2) is 5.69 Å². The van der Waals surface area contributed by atoms with Crippen molar-refractivity contribution in [3.05, 3.63) is 11.9 Å². The van der Waals surface area contributed by atoms with Crippen molar-refractivity contribution in [1.29, 1.82) is 0 Å². The highest BCUT2D eigenvalue weighted by Crippen LogP contribution is 2.24. The second-order valence-electron chi connectivity index (χ2n) is 7.51. The van der Waals surface area contributed by atoms with Gasteiger partial charge in [-0.05, 0) is 43.7 Å². The third kappa shape index (κ3) is 4.80. The van der Waals surface area contributed by atoms with Crippen molar-refractivity contribution in [2.75, 3.05) is 19.6 Å². The molecule has 0 saturated carbocycles. The summed E-state index contributed by atoms with van der Waals surface area (Å²) >= 11 is 0. The van der Waals surface area contributed by atoms with Crippen molar-refractivity contribution in [2.45, 2.75) is 53.0 Å². The minimum atomic E-state index is -0.128. The maximum absolute atomic E-state index is 12.2. The molecule has 0 spiro atoms. The number of piperidine rings is 1. The number of carbonyl (C=O) groups is 1. The molecule has 1 aromatic heterocycles. The van der Waals surface area contributed by atoms with Crippen molar-refractivity contribution in [2.24, 2.45) is 11.3 Å². The van der Waals surface area contributed by atoms with E-state index in [4.69, 9.17) is 0 Å². The van der Waals surface area contributed by atoms with Gasteiger partial charge in [0.1, 0.15) is 0 Å². The second kappa shape index (κ2) is 7.22. The number of nitrogens with zero attached hydrogens (tertiary/aromatic N) is 3. The van der Waals surface area contributed by atoms with Crippen LogP contribution in [-0.4, -0.2) is 40.5 Å². The van der Waals surface area contributed by atoms with Crippen molar-refractivity contribution >= 4 is 5.91 Å². The highest BCUT2D eigenvalue weighted by molar-refractivity contribution is 5.91. The molecule has 0 bridgehead atoms. The van der Waals surface area contributed by atoms with Gasteiger partial charge in [0, 0.05) is 6.54 Å². The molecule has 1 fully saturated rings. The van der Waals surface area contributed by atoms with E-state index in [0.717, 1.165) is 32.4 Å². The first-order valence-corrected chi connectivity index (χ1v) is 8.28. The Bertz CT molecular complexity index is 488. The van der Waals surface area contributed by atoms with E-state index in [2.05, 4.69) is 48.6 Å². The Labute approximate surface area is 133 Å². The summed E-state index contributed by atoms with van der Waals surface area (Å²) in [6, 6.07) is 0.354. The lowest BCUT2D eigenvalue weighted by atomic mass is 9.84. The number of rotatable bonds is 6. The van der Waals surface area contributed by atoms with E-state index in [0.29, 0.717) is 24.2 Å². The molecule has 1 aliphatic heterocycles. The van der Waals surface area contributed by atoms with Crippen LogP contribution >= 0.6 is 0 Å². The summed E-state index contributed by atoms with van der Waals surface area (Å²) in [5.41, 5.74) is 0.508. The average molecular weight is 307 g/mol. The van der Waals surface area contributed by atoms with Crippen LogP contribution in [0.4, 0.5) is 0 Å². The predicted octanol–water partition coefficient (Wildman–Crippen LogP) is 2.00. The van der Waals surface area contributed by atoms with Crippen molar-refractivity contribution in [3.63, 3.8) is 0 Å². The number of hydrogen-bond donors (Lipinski definition) is 2. The Kier molecular flexibility index (Phi) is 5.56. The van der Waals surface area contributed by atoms with E-state index in [-0.39, 0.29) is 11.3 Å². The SMILES string of the molecule is CC(C)CC(C)(C)CNC(=O)c1cn(C2CCNCC2)nn1. The Morgan fingerprint density at radius 3 is 2.77 bits per heavy atom. The van der Waals surface area contributed by atoms with Gasteiger partial charge in [-0.1, -0.05) is 32.9 Å². The smallest absolute Gasteiger partial charge is 0.273 e. The van der Waals surface area contributed by atoms with Crippen LogP contribution < -0.4 is 10.6 Å². The largest absolute Gasteiger partial charge is 0.350 e. The summed E-state index contributed by atoms with van der Waals surface area (Å²) in [4.78, 5) is 12.2. The zero-order valence-electron chi connectivity index (χ0n) is 14.2. The van der Waals surface area contributed by atoms with Gasteiger partial charge in [0.05, 0.1) is 12.2 Å². The predicted molar refractivity (Wildman–Crippen MR) is 86.7 cm³/mol. The standard InChI is InChI=1S/C16H29N5O/c1-12(2)9-16(3,4)11-18-15(22)14-10-21(20-19-14)13-5-7-17-8-6-13/h10,12-13,17H,5-9,11H2,1-4H3,(H,18,22). The first kappa shape index (κ1) is 16.9. The van der Waals surface area contributed by atoms with Gasteiger partial charge >= 0.3 is 0 Å². The van der Waals surface area contributed by atoms with Crippen LogP contribution in [-0.2, 0) is 0 Å². The van der Waals surface area contributed by atoms with E-state index in [1.54, 1.807) is 6.20 Å². The average Bonchev–Trinajstić information content (AvgIpc) is 2.94. The summed E-state index contributed by atoms with van der Waals surface area (Å²) in [7, 11) is 0. The third-order valence-electron chi connectivity index (χ3n) is 4.11. The molecule has 2 N–H and O–H groups in total. The van der Waals surface area contributed by atoms with E-state index in [9.17, 15) is 4.79 Å². The molecule has 2 rings (SSSR count). The maximum atomic E-state index is 12.2. The monoisotopic (exact) mass is 307 g/mol. The fraction of sp³-hybridized carbons (Fsp3) is 0.812. The molecule has 2 heterocycles. The number of nitrogens with one attached hydrogen (secondary N) is 2. The van der Waals surface area contributed by atoms with Crippen LogP contribution in [0.25, 0.3) is 0 Å². The summed E-state index contributed by atoms with van der Waals surface area (Å²) in [6.07, 6.45) is 4.92. The molecule has 1 amide bonds. The van der Waals surface area contributed by atoms with Crippen molar-refractivity contribution in [1.82, 2.24) is 25.6 Å². The topological polar surface area (TPSA) is 71.8 Å². The lowest BCUT2D eigenvalue weighted by Crippen LogP contribution is -2.35. The fourth-order valence-corrected chi connectivity index (χ4v) is 3.22. The number of carbonyl (C=O) groups excluding carboxylic acids is 1. The quantitative estimate of drug-likeness (QED) is 0.843. The Morgan fingerprint density at radius 2 is 2.14 bits per heavy atom. The van der Waals surface area contributed by atoms with Crippen LogP contribution in [0.2, 0.25) is 0 Å². The molecular formula is C16H29N5O. The molecule has 1 saturated heterocycles. The van der Waals surface area contributed by atoms with Crippen LogP contribution in [0.15, 0.2) is 6.20 Å². The Morgan fingerprint density at radius 1 is 1.45 bits per heavy atom. The molecule has 0 radical (unpaired) electrons. The van der Waals surface area contributed by atoms with Crippen molar-refractivity contribution in [3.8, 4) is 0 Å². The summed E-state index contributed by atoms with van der Waals surface area (Å²) in [5.74, 6) is 0.490. The summed E-state index contributed by atoms with van der Waals surface area (Å²) in [5, 5.41) is 14.5. The van der Waals surface area contributed by atoms with Gasteiger partial charge in [-0.15, -0.1) is 5.10 Å². The Hall–Kier alpha value is -1.43. The minimum Gasteiger partial charge on any atom is -0.350 e. The van der Waals surface area contributed by atoms with E-state index in [1.165, 1.54) is 0 Å². The third-order valence-corrected chi connectivity index (χ3v) is 4.11. The van der Waals surface area contributed by atoms with Crippen LogP contribution in [0.3, 0.4) is 0 Å². The zero-order chi connectivity index (χ0) is 16.2. The van der Waals surface area contributed by atoms with Gasteiger partial charge in [0.25, 0.3) is 5.91 Å². The van der Waals surface area contributed by atoms with Crippen molar-refractivity contribution < 1.29 is 4.79 Å². The zero-order valence-corrected chi connectivity index (χ0v) is 14.2. The molecule has 0 aliphatic carbocycles. The highest BCUT2D eigenvalue weighted by Gasteiger charge is 2.22. The van der Waals surface area contributed by atoms with Gasteiger partial charge in [-0.3, -0.25) is 4.79 Å². The van der Waals surface area contributed by atoms with Crippen LogP contribution in [0.1, 0.15) is 63.5 Å². The first-order chi connectivity index (χ1) is 10.4. The molecule has 6 nitrogen and oxygen atoms in total. The molecular weight excluding hydrogens is 278 g/mol. The van der Waals surface area contributed by atoms with E-state index >= 15 is 0 Å². The normalized spacial score (nSPS) is 17.0. The lowest BCUT2D eigenvalue weighted by molar-refractivity contribution is 0.0926. The molecule has 0 aromatic carbocycles. The fourth-order valence-electron chi connectivity index (χ4n) is 3.22. The molecule has 1 aromatic rings. The molecule has 0 atom stereocenters.